The van der Waals surface area contributed by atoms with Crippen LogP contribution in [0.3, 0.4) is 0 Å². The standard InChI is InChI=1S/C15H16N4O/c1-2-9-18-14-10-17-11-15(19-14)20-13-5-3-12(4-6-13)7-8-16/h3-6,10-11H,2,7,9H2,1H3,(H,18,19). The van der Waals surface area contributed by atoms with Gasteiger partial charge < -0.3 is 10.1 Å². The van der Waals surface area contributed by atoms with E-state index in [1.807, 2.05) is 24.3 Å². The molecule has 5 nitrogen and oxygen atoms in total. The van der Waals surface area contributed by atoms with Crippen LogP contribution in [0.4, 0.5) is 5.82 Å². The zero-order valence-electron chi connectivity index (χ0n) is 11.3. The average Bonchev–Trinajstić information content (AvgIpc) is 2.48. The molecule has 5 heteroatoms. The average molecular weight is 268 g/mol. The second-order valence-electron chi connectivity index (χ2n) is 4.25. The van der Waals surface area contributed by atoms with Crippen LogP contribution >= 0.6 is 0 Å². The first kappa shape index (κ1) is 13.8. The fraction of sp³-hybridized carbons (Fsp3) is 0.267. The van der Waals surface area contributed by atoms with Crippen molar-refractivity contribution in [3.63, 3.8) is 0 Å². The molecule has 1 aromatic heterocycles. The smallest absolute Gasteiger partial charge is 0.239 e. The Morgan fingerprint density at radius 1 is 1.25 bits per heavy atom. The molecule has 1 aromatic carbocycles. The summed E-state index contributed by atoms with van der Waals surface area (Å²) in [6, 6.07) is 9.48. The minimum atomic E-state index is 0.399. The fourth-order valence-electron chi connectivity index (χ4n) is 1.62. The van der Waals surface area contributed by atoms with Crippen LogP contribution in [0.2, 0.25) is 0 Å². The van der Waals surface area contributed by atoms with Gasteiger partial charge >= 0.3 is 0 Å². The van der Waals surface area contributed by atoms with Crippen LogP contribution in [0.5, 0.6) is 11.6 Å². The number of benzene rings is 1. The van der Waals surface area contributed by atoms with Gasteiger partial charge in [-0.05, 0) is 24.1 Å². The van der Waals surface area contributed by atoms with Crippen molar-refractivity contribution in [1.29, 1.82) is 5.26 Å². The van der Waals surface area contributed by atoms with Crippen molar-refractivity contribution >= 4 is 5.82 Å². The van der Waals surface area contributed by atoms with E-state index in [-0.39, 0.29) is 0 Å². The second-order valence-corrected chi connectivity index (χ2v) is 4.25. The van der Waals surface area contributed by atoms with Crippen LogP contribution in [0.1, 0.15) is 18.9 Å². The van der Waals surface area contributed by atoms with E-state index in [2.05, 4.69) is 28.3 Å². The maximum Gasteiger partial charge on any atom is 0.239 e. The molecule has 0 amide bonds. The minimum absolute atomic E-state index is 0.399. The Hall–Kier alpha value is -2.61. The molecule has 0 bridgehead atoms. The van der Waals surface area contributed by atoms with Crippen LogP contribution < -0.4 is 10.1 Å². The van der Waals surface area contributed by atoms with Crippen molar-refractivity contribution in [3.05, 3.63) is 42.2 Å². The number of rotatable bonds is 6. The number of aromatic nitrogens is 2. The number of nitrogens with zero attached hydrogens (tertiary/aromatic N) is 3. The Morgan fingerprint density at radius 3 is 2.75 bits per heavy atom. The first-order valence-electron chi connectivity index (χ1n) is 6.51. The summed E-state index contributed by atoms with van der Waals surface area (Å²) in [4.78, 5) is 8.40. The zero-order valence-corrected chi connectivity index (χ0v) is 11.3. The van der Waals surface area contributed by atoms with Crippen LogP contribution in [0.25, 0.3) is 0 Å². The molecule has 0 saturated carbocycles. The number of nitrogens with one attached hydrogen (secondary N) is 1. The number of hydrogen-bond acceptors (Lipinski definition) is 5. The molecular weight excluding hydrogens is 252 g/mol. The van der Waals surface area contributed by atoms with Crippen LogP contribution in [0.15, 0.2) is 36.7 Å². The van der Waals surface area contributed by atoms with Gasteiger partial charge in [0.05, 0.1) is 24.9 Å². The molecule has 0 fully saturated rings. The molecule has 1 heterocycles. The highest BCUT2D eigenvalue weighted by Gasteiger charge is 2.01. The summed E-state index contributed by atoms with van der Waals surface area (Å²) in [6.45, 7) is 2.94. The molecular formula is C15H16N4O. The van der Waals surface area contributed by atoms with Gasteiger partial charge in [0.15, 0.2) is 0 Å². The highest BCUT2D eigenvalue weighted by Crippen LogP contribution is 2.20. The first-order valence-corrected chi connectivity index (χ1v) is 6.51. The molecule has 2 aromatic rings. The van der Waals surface area contributed by atoms with Crippen molar-refractivity contribution in [2.45, 2.75) is 19.8 Å². The van der Waals surface area contributed by atoms with E-state index in [4.69, 9.17) is 10.00 Å². The summed E-state index contributed by atoms with van der Waals surface area (Å²) in [5, 5.41) is 11.8. The Balaban J connectivity index is 2.03. The van der Waals surface area contributed by atoms with Gasteiger partial charge in [-0.1, -0.05) is 19.1 Å². The maximum absolute atomic E-state index is 8.62. The van der Waals surface area contributed by atoms with Crippen molar-refractivity contribution in [2.24, 2.45) is 0 Å². The molecule has 20 heavy (non-hydrogen) atoms. The third kappa shape index (κ3) is 3.95. The van der Waals surface area contributed by atoms with Crippen molar-refractivity contribution in [1.82, 2.24) is 9.97 Å². The largest absolute Gasteiger partial charge is 0.437 e. The maximum atomic E-state index is 8.62. The SMILES string of the molecule is CCCNc1cncc(Oc2ccc(CC#N)cc2)n1. The van der Waals surface area contributed by atoms with E-state index in [0.29, 0.717) is 23.9 Å². The lowest BCUT2D eigenvalue weighted by atomic mass is 10.2. The molecule has 0 aliphatic heterocycles. The van der Waals surface area contributed by atoms with Gasteiger partial charge in [0.25, 0.3) is 0 Å². The molecule has 0 atom stereocenters. The molecule has 0 radical (unpaired) electrons. The lowest BCUT2D eigenvalue weighted by molar-refractivity contribution is 0.460. The van der Waals surface area contributed by atoms with Gasteiger partial charge in [0, 0.05) is 6.54 Å². The minimum Gasteiger partial charge on any atom is -0.437 e. The van der Waals surface area contributed by atoms with Crippen molar-refractivity contribution in [2.75, 3.05) is 11.9 Å². The summed E-state index contributed by atoms with van der Waals surface area (Å²) >= 11 is 0. The molecule has 0 spiro atoms. The first-order chi connectivity index (χ1) is 9.81. The molecule has 0 unspecified atom stereocenters. The number of nitriles is 1. The Kier molecular flexibility index (Phi) is 4.90. The molecule has 1 N–H and O–H groups in total. The van der Waals surface area contributed by atoms with E-state index < -0.39 is 0 Å². The van der Waals surface area contributed by atoms with E-state index in [1.165, 1.54) is 0 Å². The molecule has 0 aliphatic rings. The fourth-order valence-corrected chi connectivity index (χ4v) is 1.62. The predicted molar refractivity (Wildman–Crippen MR) is 76.6 cm³/mol. The van der Waals surface area contributed by atoms with Gasteiger partial charge in [-0.3, -0.25) is 4.98 Å². The van der Waals surface area contributed by atoms with E-state index in [1.54, 1.807) is 12.4 Å². The predicted octanol–water partition coefficient (Wildman–Crippen LogP) is 3.16. The van der Waals surface area contributed by atoms with Crippen LogP contribution in [-0.4, -0.2) is 16.5 Å². The summed E-state index contributed by atoms with van der Waals surface area (Å²) in [6.07, 6.45) is 4.66. The van der Waals surface area contributed by atoms with Gasteiger partial charge in [-0.2, -0.15) is 10.2 Å². The van der Waals surface area contributed by atoms with Crippen LogP contribution in [0, 0.1) is 11.3 Å². The summed E-state index contributed by atoms with van der Waals surface area (Å²) in [5.74, 6) is 1.82. The normalized spacial score (nSPS) is 9.80. The quantitative estimate of drug-likeness (QED) is 0.871. The number of hydrogen-bond donors (Lipinski definition) is 1. The molecule has 0 saturated heterocycles. The highest BCUT2D eigenvalue weighted by molar-refractivity contribution is 5.35. The summed E-state index contributed by atoms with van der Waals surface area (Å²) in [7, 11) is 0. The van der Waals surface area contributed by atoms with Gasteiger partial charge in [0.2, 0.25) is 5.88 Å². The van der Waals surface area contributed by atoms with E-state index in [0.717, 1.165) is 18.5 Å². The van der Waals surface area contributed by atoms with E-state index >= 15 is 0 Å². The lowest BCUT2D eigenvalue weighted by Gasteiger charge is -2.07. The number of anilines is 1. The molecule has 2 rings (SSSR count). The Labute approximate surface area is 118 Å². The molecule has 102 valence electrons. The van der Waals surface area contributed by atoms with Crippen LogP contribution in [-0.2, 0) is 6.42 Å². The topological polar surface area (TPSA) is 70.8 Å². The Morgan fingerprint density at radius 2 is 2.05 bits per heavy atom. The second kappa shape index (κ2) is 7.10. The third-order valence-electron chi connectivity index (χ3n) is 2.60. The van der Waals surface area contributed by atoms with Gasteiger partial charge in [-0.15, -0.1) is 0 Å². The Bertz CT molecular complexity index is 590. The zero-order chi connectivity index (χ0) is 14.2. The van der Waals surface area contributed by atoms with Crippen molar-refractivity contribution < 1.29 is 4.74 Å². The lowest BCUT2D eigenvalue weighted by Crippen LogP contribution is -2.02. The van der Waals surface area contributed by atoms with Gasteiger partial charge in [0.1, 0.15) is 11.6 Å². The molecule has 0 aliphatic carbocycles. The summed E-state index contributed by atoms with van der Waals surface area (Å²) in [5.41, 5.74) is 0.962. The van der Waals surface area contributed by atoms with Gasteiger partial charge in [-0.25, -0.2) is 0 Å². The van der Waals surface area contributed by atoms with E-state index in [9.17, 15) is 0 Å². The monoisotopic (exact) mass is 268 g/mol. The third-order valence-corrected chi connectivity index (χ3v) is 2.60. The highest BCUT2D eigenvalue weighted by atomic mass is 16.5. The number of ether oxygens (including phenoxy) is 1. The summed E-state index contributed by atoms with van der Waals surface area (Å²) < 4.78 is 5.64. The van der Waals surface area contributed by atoms with Crippen molar-refractivity contribution in [3.8, 4) is 17.7 Å².